The third kappa shape index (κ3) is 2.83. The molecule has 0 saturated heterocycles. The number of rotatable bonds is 5. The number of nitro groups is 1. The zero-order valence-electron chi connectivity index (χ0n) is 9.44. The molecule has 9 nitrogen and oxygen atoms in total. The van der Waals surface area contributed by atoms with Crippen LogP contribution in [0.3, 0.4) is 0 Å². The van der Waals surface area contributed by atoms with Crippen molar-refractivity contribution in [2.75, 3.05) is 5.32 Å². The van der Waals surface area contributed by atoms with Crippen LogP contribution in [0, 0.1) is 10.1 Å². The second-order valence-electron chi connectivity index (χ2n) is 3.49. The Morgan fingerprint density at radius 3 is 2.95 bits per heavy atom. The summed E-state index contributed by atoms with van der Waals surface area (Å²) < 4.78 is 4.81. The van der Waals surface area contributed by atoms with Gasteiger partial charge < -0.3 is 14.9 Å². The summed E-state index contributed by atoms with van der Waals surface area (Å²) in [6.07, 6.45) is 2.48. The number of carboxylic acid groups (broad SMARTS) is 1. The van der Waals surface area contributed by atoms with Crippen LogP contribution in [-0.4, -0.2) is 26.1 Å². The summed E-state index contributed by atoms with van der Waals surface area (Å²) >= 11 is 0. The summed E-state index contributed by atoms with van der Waals surface area (Å²) in [7, 11) is 0. The lowest BCUT2D eigenvalue weighted by molar-refractivity contribution is -0.384. The summed E-state index contributed by atoms with van der Waals surface area (Å²) in [6, 6.07) is 2.53. The number of aromatic nitrogens is 2. The van der Waals surface area contributed by atoms with Crippen LogP contribution in [0.15, 0.2) is 29.0 Å². The molecule has 0 aliphatic rings. The molecule has 2 heterocycles. The minimum atomic E-state index is -1.28. The van der Waals surface area contributed by atoms with Crippen molar-refractivity contribution in [1.29, 1.82) is 0 Å². The van der Waals surface area contributed by atoms with E-state index in [4.69, 9.17) is 9.63 Å². The van der Waals surface area contributed by atoms with Crippen molar-refractivity contribution >= 4 is 17.5 Å². The average molecular weight is 264 g/mol. The highest BCUT2D eigenvalue weighted by molar-refractivity contribution is 5.88. The molecule has 2 aromatic heterocycles. The monoisotopic (exact) mass is 264 g/mol. The van der Waals surface area contributed by atoms with Crippen molar-refractivity contribution in [2.24, 2.45) is 0 Å². The van der Waals surface area contributed by atoms with E-state index in [0.29, 0.717) is 5.76 Å². The normalized spacial score (nSPS) is 10.1. The Bertz CT molecular complexity index is 610. The zero-order chi connectivity index (χ0) is 13.8. The van der Waals surface area contributed by atoms with Gasteiger partial charge in [-0.25, -0.2) is 9.78 Å². The van der Waals surface area contributed by atoms with E-state index in [2.05, 4.69) is 15.5 Å². The number of nitrogens with one attached hydrogen (secondary N) is 1. The van der Waals surface area contributed by atoms with Gasteiger partial charge in [0, 0.05) is 18.3 Å². The highest BCUT2D eigenvalue weighted by Gasteiger charge is 2.18. The fraction of sp³-hybridized carbons (Fsp3) is 0.100. The smallest absolute Gasteiger partial charge is 0.337 e. The van der Waals surface area contributed by atoms with Crippen LogP contribution in [0.2, 0.25) is 0 Å². The summed E-state index contributed by atoms with van der Waals surface area (Å²) in [5.41, 5.74) is -0.670. The molecule has 2 rings (SSSR count). The molecule has 0 aliphatic carbocycles. The molecular formula is C10H8N4O5. The molecule has 0 spiro atoms. The maximum absolute atomic E-state index is 10.9. The maximum Gasteiger partial charge on any atom is 0.337 e. The van der Waals surface area contributed by atoms with Gasteiger partial charge in [-0.3, -0.25) is 10.1 Å². The van der Waals surface area contributed by atoms with Crippen molar-refractivity contribution in [2.45, 2.75) is 6.54 Å². The van der Waals surface area contributed by atoms with Crippen LogP contribution in [0.1, 0.15) is 16.1 Å². The largest absolute Gasteiger partial charge is 0.478 e. The van der Waals surface area contributed by atoms with Gasteiger partial charge in [0.1, 0.15) is 0 Å². The van der Waals surface area contributed by atoms with Gasteiger partial charge in [0.15, 0.2) is 5.76 Å². The quantitative estimate of drug-likeness (QED) is 0.609. The lowest BCUT2D eigenvalue weighted by Crippen LogP contribution is -2.06. The maximum atomic E-state index is 10.9. The summed E-state index contributed by atoms with van der Waals surface area (Å²) in [6.45, 7) is 0.153. The molecule has 0 radical (unpaired) electrons. The molecular weight excluding hydrogens is 256 g/mol. The Morgan fingerprint density at radius 1 is 1.58 bits per heavy atom. The molecule has 0 aromatic carbocycles. The molecule has 0 atom stereocenters. The first-order chi connectivity index (χ1) is 9.08. The van der Waals surface area contributed by atoms with Crippen molar-refractivity contribution in [3.63, 3.8) is 0 Å². The van der Waals surface area contributed by atoms with E-state index in [1.807, 2.05) is 0 Å². The molecule has 2 N–H and O–H groups in total. The molecule has 19 heavy (non-hydrogen) atoms. The number of anilines is 1. The van der Waals surface area contributed by atoms with E-state index in [1.165, 1.54) is 6.20 Å². The third-order valence-electron chi connectivity index (χ3n) is 2.23. The van der Waals surface area contributed by atoms with Gasteiger partial charge in [0.05, 0.1) is 23.2 Å². The van der Waals surface area contributed by atoms with Crippen molar-refractivity contribution in [3.8, 4) is 0 Å². The standard InChI is InChI=1S/C10H8N4O5/c15-10(16)6-3-8(14(17)18)9(11-4-6)12-5-7-1-2-13-19-7/h1-4H,5H2,(H,11,12)(H,15,16). The Hall–Kier alpha value is -2.97. The summed E-state index contributed by atoms with van der Waals surface area (Å²) in [5, 5.41) is 25.8. The Labute approximate surface area is 106 Å². The van der Waals surface area contributed by atoms with Gasteiger partial charge in [-0.2, -0.15) is 0 Å². The fourth-order valence-corrected chi connectivity index (χ4v) is 1.35. The number of pyridine rings is 1. The van der Waals surface area contributed by atoms with Crippen LogP contribution >= 0.6 is 0 Å². The van der Waals surface area contributed by atoms with Gasteiger partial charge in [-0.05, 0) is 0 Å². The Kier molecular flexibility index (Phi) is 3.37. The van der Waals surface area contributed by atoms with Gasteiger partial charge in [-0.1, -0.05) is 5.16 Å². The molecule has 2 aromatic rings. The van der Waals surface area contributed by atoms with Crippen LogP contribution in [0.25, 0.3) is 0 Å². The van der Waals surface area contributed by atoms with Crippen molar-refractivity contribution in [1.82, 2.24) is 10.1 Å². The fourth-order valence-electron chi connectivity index (χ4n) is 1.35. The van der Waals surface area contributed by atoms with Gasteiger partial charge in [0.2, 0.25) is 5.82 Å². The van der Waals surface area contributed by atoms with Crippen LogP contribution in [0.4, 0.5) is 11.5 Å². The minimum absolute atomic E-state index is 0.0357. The highest BCUT2D eigenvalue weighted by atomic mass is 16.6. The molecule has 0 unspecified atom stereocenters. The van der Waals surface area contributed by atoms with E-state index in [1.54, 1.807) is 6.07 Å². The molecule has 0 saturated carbocycles. The van der Waals surface area contributed by atoms with Crippen LogP contribution < -0.4 is 5.32 Å². The number of aromatic carboxylic acids is 1. The second-order valence-corrected chi connectivity index (χ2v) is 3.49. The predicted molar refractivity (Wildman–Crippen MR) is 61.7 cm³/mol. The minimum Gasteiger partial charge on any atom is -0.478 e. The van der Waals surface area contributed by atoms with Crippen molar-refractivity contribution < 1.29 is 19.3 Å². The average Bonchev–Trinajstić information content (AvgIpc) is 2.89. The molecule has 98 valence electrons. The molecule has 0 aliphatic heterocycles. The lowest BCUT2D eigenvalue weighted by atomic mass is 10.2. The number of nitrogens with zero attached hydrogens (tertiary/aromatic N) is 3. The van der Waals surface area contributed by atoms with E-state index in [0.717, 1.165) is 12.3 Å². The van der Waals surface area contributed by atoms with Gasteiger partial charge >= 0.3 is 11.7 Å². The van der Waals surface area contributed by atoms with E-state index in [-0.39, 0.29) is 17.9 Å². The predicted octanol–water partition coefficient (Wildman–Crippen LogP) is 1.29. The Morgan fingerprint density at radius 2 is 2.37 bits per heavy atom. The number of carbonyl (C=O) groups is 1. The highest BCUT2D eigenvalue weighted by Crippen LogP contribution is 2.23. The first-order valence-corrected chi connectivity index (χ1v) is 5.09. The number of hydrogen-bond donors (Lipinski definition) is 2. The molecule has 0 amide bonds. The first kappa shape index (κ1) is 12.5. The Balaban J connectivity index is 2.24. The molecule has 9 heteroatoms. The lowest BCUT2D eigenvalue weighted by Gasteiger charge is -2.04. The molecule has 0 fully saturated rings. The van der Waals surface area contributed by atoms with Crippen molar-refractivity contribution in [3.05, 3.63) is 46.0 Å². The SMILES string of the molecule is O=C(O)c1cnc(NCc2ccno2)c([N+](=O)[O-])c1. The second kappa shape index (κ2) is 5.12. The van der Waals surface area contributed by atoms with Gasteiger partial charge in [0.25, 0.3) is 0 Å². The van der Waals surface area contributed by atoms with Crippen LogP contribution in [0.5, 0.6) is 0 Å². The summed E-state index contributed by atoms with van der Waals surface area (Å²) in [5.74, 6) is -0.845. The number of carboxylic acids is 1. The zero-order valence-corrected chi connectivity index (χ0v) is 9.44. The van der Waals surface area contributed by atoms with E-state index in [9.17, 15) is 14.9 Å². The first-order valence-electron chi connectivity index (χ1n) is 5.09. The topological polar surface area (TPSA) is 131 Å². The van der Waals surface area contributed by atoms with Gasteiger partial charge in [-0.15, -0.1) is 0 Å². The van der Waals surface area contributed by atoms with E-state index < -0.39 is 16.6 Å². The van der Waals surface area contributed by atoms with Crippen LogP contribution in [-0.2, 0) is 6.54 Å². The summed E-state index contributed by atoms with van der Waals surface area (Å²) in [4.78, 5) is 24.6. The van der Waals surface area contributed by atoms with E-state index >= 15 is 0 Å². The number of hydrogen-bond acceptors (Lipinski definition) is 7. The third-order valence-corrected chi connectivity index (χ3v) is 2.23. The molecule has 0 bridgehead atoms.